The third kappa shape index (κ3) is 899. The van der Waals surface area contributed by atoms with Crippen LogP contribution in [0.2, 0.25) is 0 Å². The number of rotatable bonds is 0. The fourth-order valence-corrected chi connectivity index (χ4v) is 0. The standard InChI is InChI=1S/BF4.H4N2/c2-1(3,4)5;1-2/h;1-2H2/q-1;. The second kappa shape index (κ2) is 3.88. The molecule has 4 N–H and O–H groups in total. The Morgan fingerprint density at radius 1 is 0.857 bits per heavy atom. The summed E-state index contributed by atoms with van der Waals surface area (Å²) in [6.45, 7) is 0. The van der Waals surface area contributed by atoms with Crippen LogP contribution in [-0.2, 0) is 0 Å². The first-order valence-electron chi connectivity index (χ1n) is 1.21. The van der Waals surface area contributed by atoms with Crippen LogP contribution in [0.1, 0.15) is 0 Å². The normalized spacial score (nSPS) is 9.43. The highest BCUT2D eigenvalue weighted by Gasteiger charge is 2.20. The summed E-state index contributed by atoms with van der Waals surface area (Å²) in [6, 6.07) is 0. The van der Waals surface area contributed by atoms with Gasteiger partial charge in [0, 0.05) is 0 Å². The van der Waals surface area contributed by atoms with Gasteiger partial charge in [-0.15, -0.1) is 0 Å². The van der Waals surface area contributed by atoms with Crippen molar-refractivity contribution < 1.29 is 17.3 Å². The molecule has 0 aromatic carbocycles. The van der Waals surface area contributed by atoms with Crippen molar-refractivity contribution in [3.63, 3.8) is 0 Å². The molecule has 0 aromatic heterocycles. The zero-order valence-corrected chi connectivity index (χ0v) is 3.24. The topological polar surface area (TPSA) is 52.0 Å². The monoisotopic (exact) mass is 119 g/mol. The number of hydrazine groups is 1. The van der Waals surface area contributed by atoms with Crippen LogP contribution in [0.5, 0.6) is 0 Å². The smallest absolute Gasteiger partial charge is 0.418 e. The molecule has 0 aromatic rings. The Labute approximate surface area is 37.5 Å². The fourth-order valence-electron chi connectivity index (χ4n) is 0. The van der Waals surface area contributed by atoms with Gasteiger partial charge in [-0.25, -0.2) is 0 Å². The molecular weight excluding hydrogens is 115 g/mol. The highest BCUT2D eigenvalue weighted by atomic mass is 19.5. The molecule has 0 amide bonds. The van der Waals surface area contributed by atoms with E-state index in [2.05, 4.69) is 11.7 Å². The van der Waals surface area contributed by atoms with E-state index in [-0.39, 0.29) is 0 Å². The summed E-state index contributed by atoms with van der Waals surface area (Å²) in [4.78, 5) is 0. The van der Waals surface area contributed by atoms with E-state index >= 15 is 0 Å². The Hall–Kier alpha value is -0.295. The van der Waals surface area contributed by atoms with Gasteiger partial charge in [0.15, 0.2) is 0 Å². The second-order valence-electron chi connectivity index (χ2n) is 0.495. The van der Waals surface area contributed by atoms with Gasteiger partial charge in [-0.2, -0.15) is 0 Å². The molecule has 0 saturated heterocycles. The first-order chi connectivity index (χ1) is 3.00. The Balaban J connectivity index is 0. The summed E-state index contributed by atoms with van der Waals surface area (Å²) in [5, 5.41) is 0. The van der Waals surface area contributed by atoms with E-state index in [0.717, 1.165) is 0 Å². The molecule has 7 heteroatoms. The van der Waals surface area contributed by atoms with Gasteiger partial charge in [0.25, 0.3) is 0 Å². The average molecular weight is 119 g/mol. The van der Waals surface area contributed by atoms with Crippen LogP contribution in [-0.4, -0.2) is 7.25 Å². The molecule has 2 nitrogen and oxygen atoms in total. The highest BCUT2D eigenvalue weighted by molar-refractivity contribution is 6.50. The maximum atomic E-state index is 9.75. The molecule has 0 rings (SSSR count). The van der Waals surface area contributed by atoms with Gasteiger partial charge in [0.05, 0.1) is 0 Å². The van der Waals surface area contributed by atoms with Crippen molar-refractivity contribution in [3.8, 4) is 0 Å². The summed E-state index contributed by atoms with van der Waals surface area (Å²) in [5.74, 6) is 8.00. The van der Waals surface area contributed by atoms with Crippen LogP contribution >= 0.6 is 0 Å². The van der Waals surface area contributed by atoms with Crippen LogP contribution in [0.15, 0.2) is 0 Å². The van der Waals surface area contributed by atoms with Crippen molar-refractivity contribution in [1.82, 2.24) is 0 Å². The number of halogens is 4. The Morgan fingerprint density at radius 3 is 0.857 bits per heavy atom. The predicted octanol–water partition coefficient (Wildman–Crippen LogP) is 0.119. The van der Waals surface area contributed by atoms with Crippen LogP contribution in [0, 0.1) is 0 Å². The molecule has 46 valence electrons. The van der Waals surface area contributed by atoms with Crippen molar-refractivity contribution >= 4 is 7.25 Å². The summed E-state index contributed by atoms with van der Waals surface area (Å²) >= 11 is 0. The molecule has 0 aliphatic carbocycles. The Kier molecular flexibility index (Phi) is 5.46. The minimum atomic E-state index is -6.00. The van der Waals surface area contributed by atoms with Crippen molar-refractivity contribution in [1.29, 1.82) is 0 Å². The highest BCUT2D eigenvalue weighted by Crippen LogP contribution is 2.06. The number of hydrogen-bond donors (Lipinski definition) is 2. The van der Waals surface area contributed by atoms with Gasteiger partial charge >= 0.3 is 7.25 Å². The third-order valence-corrected chi connectivity index (χ3v) is 0. The zero-order valence-electron chi connectivity index (χ0n) is 3.24. The van der Waals surface area contributed by atoms with E-state index < -0.39 is 7.25 Å². The minimum Gasteiger partial charge on any atom is -0.418 e. The quantitative estimate of drug-likeness (QED) is 0.206. The van der Waals surface area contributed by atoms with Crippen LogP contribution < -0.4 is 11.7 Å². The van der Waals surface area contributed by atoms with Crippen LogP contribution in [0.25, 0.3) is 0 Å². The summed E-state index contributed by atoms with van der Waals surface area (Å²) in [7, 11) is -6.00. The average Bonchev–Trinajstić information content (AvgIpc) is 1.36. The zero-order chi connectivity index (χ0) is 6.50. The van der Waals surface area contributed by atoms with E-state index in [4.69, 9.17) is 0 Å². The molecule has 0 aliphatic heterocycles. The van der Waals surface area contributed by atoms with Crippen LogP contribution in [0.4, 0.5) is 17.3 Å². The molecule has 0 fully saturated rings. The van der Waals surface area contributed by atoms with E-state index in [1.807, 2.05) is 0 Å². The van der Waals surface area contributed by atoms with Gasteiger partial charge < -0.3 is 17.3 Å². The first kappa shape index (κ1) is 9.86. The maximum Gasteiger partial charge on any atom is 0.673 e. The molecular formula is H4BF4N2-. The van der Waals surface area contributed by atoms with Gasteiger partial charge in [-0.3, -0.25) is 11.7 Å². The lowest BCUT2D eigenvalue weighted by Crippen LogP contribution is -2.02. The minimum absolute atomic E-state index is 4.00. The van der Waals surface area contributed by atoms with E-state index in [1.165, 1.54) is 0 Å². The first-order valence-corrected chi connectivity index (χ1v) is 1.21. The summed E-state index contributed by atoms with van der Waals surface area (Å²) in [5.41, 5.74) is 0. The molecule has 0 unspecified atom stereocenters. The predicted molar refractivity (Wildman–Crippen MR) is 18.6 cm³/mol. The largest absolute Gasteiger partial charge is 0.673 e. The van der Waals surface area contributed by atoms with E-state index in [9.17, 15) is 17.3 Å². The summed E-state index contributed by atoms with van der Waals surface area (Å²) < 4.78 is 39.0. The fraction of sp³-hybridized carbons (Fsp3) is 0. The van der Waals surface area contributed by atoms with Crippen molar-refractivity contribution in [3.05, 3.63) is 0 Å². The Morgan fingerprint density at radius 2 is 0.857 bits per heavy atom. The van der Waals surface area contributed by atoms with Crippen LogP contribution in [0.3, 0.4) is 0 Å². The molecule has 0 heterocycles. The number of nitrogens with two attached hydrogens (primary N) is 2. The molecule has 0 radical (unpaired) electrons. The summed E-state index contributed by atoms with van der Waals surface area (Å²) in [6.07, 6.45) is 0. The molecule has 0 atom stereocenters. The molecule has 0 spiro atoms. The van der Waals surface area contributed by atoms with Crippen molar-refractivity contribution in [2.24, 2.45) is 11.7 Å². The van der Waals surface area contributed by atoms with Gasteiger partial charge in [0.2, 0.25) is 0 Å². The SMILES string of the molecule is F[B-](F)(F)F.NN. The van der Waals surface area contributed by atoms with Gasteiger partial charge in [0.1, 0.15) is 0 Å². The molecule has 0 bridgehead atoms. The second-order valence-corrected chi connectivity index (χ2v) is 0.495. The lowest BCUT2D eigenvalue weighted by molar-refractivity contribution is 0.368. The Bertz CT molecular complexity index is 25.2. The lowest BCUT2D eigenvalue weighted by Gasteiger charge is -1.94. The molecule has 7 heavy (non-hydrogen) atoms. The van der Waals surface area contributed by atoms with E-state index in [0.29, 0.717) is 0 Å². The van der Waals surface area contributed by atoms with Crippen molar-refractivity contribution in [2.45, 2.75) is 0 Å². The third-order valence-electron chi connectivity index (χ3n) is 0. The number of hydrogen-bond acceptors (Lipinski definition) is 2. The van der Waals surface area contributed by atoms with Gasteiger partial charge in [-0.1, -0.05) is 0 Å². The molecule has 0 aliphatic rings. The maximum absolute atomic E-state index is 9.75. The van der Waals surface area contributed by atoms with Crippen molar-refractivity contribution in [2.75, 3.05) is 0 Å². The lowest BCUT2D eigenvalue weighted by atomic mass is 10.3. The van der Waals surface area contributed by atoms with E-state index in [1.54, 1.807) is 0 Å². The van der Waals surface area contributed by atoms with Gasteiger partial charge in [-0.05, 0) is 0 Å². The molecule has 0 saturated carbocycles.